The number of carboxylic acid groups (broad SMARTS) is 1. The van der Waals surface area contributed by atoms with Gasteiger partial charge in [-0.1, -0.05) is 29.8 Å². The number of pyridine rings is 2. The number of anilines is 1. The number of nitrogens with one attached hydrogen (secondary N) is 1. The van der Waals surface area contributed by atoms with E-state index in [9.17, 15) is 13.2 Å². The molecule has 0 saturated heterocycles. The molecule has 0 fully saturated rings. The molecule has 0 bridgehead atoms. The fraction of sp³-hybridized carbons (Fsp3) is 0.0741. The maximum Gasteiger partial charge on any atom is 0.409 e. The second-order valence-electron chi connectivity index (χ2n) is 8.35. The fourth-order valence-electron chi connectivity index (χ4n) is 4.06. The van der Waals surface area contributed by atoms with E-state index in [4.69, 9.17) is 9.84 Å². The number of benzene rings is 2. The number of aryl methyl sites for hydroxylation is 1. The van der Waals surface area contributed by atoms with Gasteiger partial charge in [0, 0.05) is 46.9 Å². The number of ether oxygens (including phenoxy) is 1. The lowest BCUT2D eigenvalue weighted by molar-refractivity contribution is 0.209. The van der Waals surface area contributed by atoms with Crippen molar-refractivity contribution >= 4 is 32.8 Å². The van der Waals surface area contributed by atoms with Crippen LogP contribution in [0.25, 0.3) is 33.3 Å². The summed E-state index contributed by atoms with van der Waals surface area (Å²) in [7, 11) is -2.44. The van der Waals surface area contributed by atoms with Crippen molar-refractivity contribution in [2.45, 2.75) is 11.8 Å². The van der Waals surface area contributed by atoms with Crippen molar-refractivity contribution in [2.75, 3.05) is 12.4 Å². The van der Waals surface area contributed by atoms with Gasteiger partial charge in [-0.05, 0) is 54.4 Å². The van der Waals surface area contributed by atoms with Crippen LogP contribution in [-0.4, -0.2) is 40.7 Å². The lowest BCUT2D eigenvalue weighted by Gasteiger charge is -2.08. The van der Waals surface area contributed by atoms with Crippen molar-refractivity contribution in [1.82, 2.24) is 13.9 Å². The van der Waals surface area contributed by atoms with E-state index in [-0.39, 0.29) is 10.5 Å². The minimum Gasteiger partial charge on any atom is -0.481 e. The van der Waals surface area contributed by atoms with Crippen LogP contribution in [0.3, 0.4) is 0 Å². The summed E-state index contributed by atoms with van der Waals surface area (Å²) in [4.78, 5) is 19.9. The van der Waals surface area contributed by atoms with Gasteiger partial charge in [0.25, 0.3) is 10.0 Å². The van der Waals surface area contributed by atoms with E-state index in [1.54, 1.807) is 73.2 Å². The first-order valence-corrected chi connectivity index (χ1v) is 12.6. The maximum atomic E-state index is 13.7. The molecule has 2 aromatic carbocycles. The molecule has 37 heavy (non-hydrogen) atoms. The Balaban J connectivity index is 1.73. The van der Waals surface area contributed by atoms with Gasteiger partial charge < -0.3 is 9.84 Å². The number of rotatable bonds is 6. The number of methoxy groups -OCH3 is 1. The zero-order valence-corrected chi connectivity index (χ0v) is 20.7. The highest BCUT2D eigenvalue weighted by molar-refractivity contribution is 7.90. The van der Waals surface area contributed by atoms with Crippen molar-refractivity contribution in [3.8, 4) is 28.1 Å². The van der Waals surface area contributed by atoms with Gasteiger partial charge in [0.05, 0.1) is 12.0 Å². The summed E-state index contributed by atoms with van der Waals surface area (Å²) < 4.78 is 33.8. The van der Waals surface area contributed by atoms with Crippen LogP contribution in [0, 0.1) is 6.92 Å². The molecule has 0 unspecified atom stereocenters. The normalized spacial score (nSPS) is 11.4. The van der Waals surface area contributed by atoms with Crippen LogP contribution in [0.4, 0.5) is 10.5 Å². The van der Waals surface area contributed by atoms with E-state index in [0.717, 1.165) is 5.56 Å². The summed E-state index contributed by atoms with van der Waals surface area (Å²) in [5, 5.41) is 12.0. The Morgan fingerprint density at radius 1 is 0.973 bits per heavy atom. The highest BCUT2D eigenvalue weighted by Gasteiger charge is 2.23. The molecule has 5 aromatic rings. The molecule has 10 heteroatoms. The average Bonchev–Trinajstić information content (AvgIpc) is 3.28. The third-order valence-corrected chi connectivity index (χ3v) is 7.56. The molecule has 0 radical (unpaired) electrons. The summed E-state index contributed by atoms with van der Waals surface area (Å²) in [6.07, 6.45) is 3.54. The number of hydrogen-bond acceptors (Lipinski definition) is 6. The number of aromatic nitrogens is 3. The molecule has 186 valence electrons. The highest BCUT2D eigenvalue weighted by Crippen LogP contribution is 2.35. The van der Waals surface area contributed by atoms with Gasteiger partial charge in [-0.2, -0.15) is 0 Å². The van der Waals surface area contributed by atoms with Crippen LogP contribution >= 0.6 is 0 Å². The maximum absolute atomic E-state index is 13.7. The second-order valence-corrected chi connectivity index (χ2v) is 10.2. The molecule has 0 atom stereocenters. The van der Waals surface area contributed by atoms with Crippen LogP contribution < -0.4 is 10.1 Å². The first-order chi connectivity index (χ1) is 17.8. The molecule has 0 aliphatic rings. The molecule has 0 saturated carbocycles. The van der Waals surface area contributed by atoms with Gasteiger partial charge in [0.1, 0.15) is 0 Å². The zero-order valence-electron chi connectivity index (χ0n) is 19.9. The Hall–Kier alpha value is -4.70. The summed E-state index contributed by atoms with van der Waals surface area (Å²) in [6, 6.07) is 18.8. The van der Waals surface area contributed by atoms with E-state index < -0.39 is 16.1 Å². The summed E-state index contributed by atoms with van der Waals surface area (Å²) in [5.74, 6) is 0.386. The fourth-order valence-corrected chi connectivity index (χ4v) is 5.39. The number of nitrogens with zero attached hydrogens (tertiary/aromatic N) is 3. The average molecular weight is 515 g/mol. The standard InChI is InChI=1S/C27H22N4O5S/c1-17-6-8-22(9-7-17)37(34,35)31-16-24(19-10-11-28-25(14-19)36-2)23-13-20(15-29-26(23)31)18-4-3-5-21(12-18)30-27(32)33/h3-16,30H,1-2H3,(H,32,33). The van der Waals surface area contributed by atoms with Gasteiger partial charge in [-0.15, -0.1) is 0 Å². The Morgan fingerprint density at radius 2 is 1.76 bits per heavy atom. The van der Waals surface area contributed by atoms with Crippen molar-refractivity contribution in [1.29, 1.82) is 0 Å². The molecule has 0 aliphatic carbocycles. The molecule has 0 spiro atoms. The first-order valence-electron chi connectivity index (χ1n) is 11.2. The number of carbonyl (C=O) groups is 1. The van der Waals surface area contributed by atoms with Gasteiger partial charge in [0.2, 0.25) is 5.88 Å². The van der Waals surface area contributed by atoms with Crippen molar-refractivity contribution < 1.29 is 23.1 Å². The minimum atomic E-state index is -3.95. The third-order valence-electron chi connectivity index (χ3n) is 5.89. The SMILES string of the molecule is COc1cc(-c2cn(S(=O)(=O)c3ccc(C)cc3)c3ncc(-c4cccc(NC(=O)O)c4)cc23)ccn1. The first kappa shape index (κ1) is 24.0. The van der Waals surface area contributed by atoms with Crippen LogP contribution in [-0.2, 0) is 10.0 Å². The lowest BCUT2D eigenvalue weighted by atomic mass is 10.0. The van der Waals surface area contributed by atoms with Gasteiger partial charge >= 0.3 is 6.09 Å². The van der Waals surface area contributed by atoms with E-state index in [1.165, 1.54) is 11.1 Å². The lowest BCUT2D eigenvalue weighted by Crippen LogP contribution is -2.12. The zero-order chi connectivity index (χ0) is 26.2. The van der Waals surface area contributed by atoms with Crippen molar-refractivity contribution in [2.24, 2.45) is 0 Å². The molecular weight excluding hydrogens is 492 g/mol. The second kappa shape index (κ2) is 9.40. The van der Waals surface area contributed by atoms with Crippen LogP contribution in [0.2, 0.25) is 0 Å². The molecule has 2 N–H and O–H groups in total. The third kappa shape index (κ3) is 4.62. The molecule has 3 heterocycles. The minimum absolute atomic E-state index is 0.146. The monoisotopic (exact) mass is 514 g/mol. The molecule has 0 aliphatic heterocycles. The largest absolute Gasteiger partial charge is 0.481 e. The van der Waals surface area contributed by atoms with Crippen molar-refractivity contribution in [3.05, 3.63) is 90.9 Å². The number of amides is 1. The summed E-state index contributed by atoms with van der Waals surface area (Å²) >= 11 is 0. The molecule has 3 aromatic heterocycles. The van der Waals surface area contributed by atoms with Gasteiger partial charge in [-0.3, -0.25) is 5.32 Å². The van der Waals surface area contributed by atoms with Gasteiger partial charge in [0.15, 0.2) is 5.65 Å². The predicted molar refractivity (Wildman–Crippen MR) is 140 cm³/mol. The predicted octanol–water partition coefficient (Wildman–Crippen LogP) is 5.41. The van der Waals surface area contributed by atoms with E-state index in [0.29, 0.717) is 39.2 Å². The quantitative estimate of drug-likeness (QED) is 0.311. The Bertz CT molecular complexity index is 1750. The Labute approximate surface area is 213 Å². The topological polar surface area (TPSA) is 123 Å². The van der Waals surface area contributed by atoms with E-state index in [2.05, 4.69) is 15.3 Å². The van der Waals surface area contributed by atoms with Crippen LogP contribution in [0.1, 0.15) is 5.56 Å². The van der Waals surface area contributed by atoms with Gasteiger partial charge in [-0.25, -0.2) is 27.2 Å². The van der Waals surface area contributed by atoms with E-state index >= 15 is 0 Å². The van der Waals surface area contributed by atoms with Crippen molar-refractivity contribution in [3.63, 3.8) is 0 Å². The summed E-state index contributed by atoms with van der Waals surface area (Å²) in [5.41, 5.74) is 4.35. The smallest absolute Gasteiger partial charge is 0.409 e. The Kier molecular flexibility index (Phi) is 6.10. The molecule has 9 nitrogen and oxygen atoms in total. The summed E-state index contributed by atoms with van der Waals surface area (Å²) in [6.45, 7) is 1.89. The Morgan fingerprint density at radius 3 is 2.49 bits per heavy atom. The molecule has 1 amide bonds. The van der Waals surface area contributed by atoms with Crippen LogP contribution in [0.5, 0.6) is 5.88 Å². The molecular formula is C27H22N4O5S. The highest BCUT2D eigenvalue weighted by atomic mass is 32.2. The number of fused-ring (bicyclic) bond motifs is 1. The number of hydrogen-bond donors (Lipinski definition) is 2. The molecule has 5 rings (SSSR count). The van der Waals surface area contributed by atoms with E-state index in [1.807, 2.05) is 19.1 Å². The van der Waals surface area contributed by atoms with Crippen LogP contribution in [0.15, 0.2) is 90.2 Å².